The second kappa shape index (κ2) is 7.58. The highest BCUT2D eigenvalue weighted by atomic mass is 16.6. The average Bonchev–Trinajstić information content (AvgIpc) is 2.52. The molecule has 3 rings (SSSR count). The van der Waals surface area contributed by atoms with Crippen molar-refractivity contribution in [2.75, 3.05) is 19.7 Å². The van der Waals surface area contributed by atoms with Crippen LogP contribution in [0.1, 0.15) is 52.9 Å². The summed E-state index contributed by atoms with van der Waals surface area (Å²) in [7, 11) is 0. The zero-order valence-electron chi connectivity index (χ0n) is 15.3. The highest BCUT2D eigenvalue weighted by Crippen LogP contribution is 2.38. The lowest BCUT2D eigenvalue weighted by molar-refractivity contribution is -0.128. The van der Waals surface area contributed by atoms with E-state index in [2.05, 4.69) is 16.0 Å². The molecule has 0 aromatic rings. The molecule has 6 heteroatoms. The first-order valence-corrected chi connectivity index (χ1v) is 9.52. The van der Waals surface area contributed by atoms with Crippen molar-refractivity contribution in [3.05, 3.63) is 0 Å². The molecule has 0 bridgehead atoms. The van der Waals surface area contributed by atoms with Crippen molar-refractivity contribution in [3.63, 3.8) is 0 Å². The fraction of sp³-hybridized carbons (Fsp3) is 0.944. The van der Waals surface area contributed by atoms with Crippen LogP contribution in [0.4, 0.5) is 4.79 Å². The van der Waals surface area contributed by atoms with Gasteiger partial charge in [-0.25, -0.2) is 4.79 Å². The molecular formula is C18H33N3O3. The van der Waals surface area contributed by atoms with Crippen LogP contribution in [0.5, 0.6) is 0 Å². The Bertz CT molecular complexity index is 432. The molecule has 0 spiro atoms. The lowest BCUT2D eigenvalue weighted by atomic mass is 9.68. The van der Waals surface area contributed by atoms with Crippen molar-refractivity contribution in [2.24, 2.45) is 5.92 Å². The third-order valence-electron chi connectivity index (χ3n) is 5.31. The van der Waals surface area contributed by atoms with E-state index in [9.17, 15) is 4.79 Å². The van der Waals surface area contributed by atoms with Crippen molar-refractivity contribution in [1.29, 1.82) is 0 Å². The van der Waals surface area contributed by atoms with Gasteiger partial charge in [0.1, 0.15) is 5.60 Å². The van der Waals surface area contributed by atoms with Crippen molar-refractivity contribution < 1.29 is 14.3 Å². The molecule has 2 aliphatic heterocycles. The van der Waals surface area contributed by atoms with Gasteiger partial charge in [-0.05, 0) is 53.0 Å². The lowest BCUT2D eigenvalue weighted by Crippen LogP contribution is -2.74. The van der Waals surface area contributed by atoms with Crippen LogP contribution in [-0.4, -0.2) is 55.6 Å². The summed E-state index contributed by atoms with van der Waals surface area (Å²) in [4.78, 5) is 12.2. The van der Waals surface area contributed by atoms with Gasteiger partial charge in [-0.3, -0.25) is 0 Å². The van der Waals surface area contributed by atoms with Crippen LogP contribution < -0.4 is 16.0 Å². The van der Waals surface area contributed by atoms with Crippen molar-refractivity contribution >= 4 is 6.09 Å². The molecular weight excluding hydrogens is 306 g/mol. The molecule has 3 fully saturated rings. The zero-order chi connectivity index (χ0) is 17.2. The van der Waals surface area contributed by atoms with E-state index in [0.29, 0.717) is 12.0 Å². The largest absolute Gasteiger partial charge is 0.444 e. The molecule has 5 unspecified atom stereocenters. The first kappa shape index (κ1) is 18.0. The Balaban J connectivity index is 1.54. The van der Waals surface area contributed by atoms with Gasteiger partial charge in [0.25, 0.3) is 0 Å². The Hall–Kier alpha value is -0.850. The summed E-state index contributed by atoms with van der Waals surface area (Å²) in [5.41, 5.74) is -0.467. The highest BCUT2D eigenvalue weighted by Gasteiger charge is 2.53. The Kier molecular flexibility index (Phi) is 5.67. The van der Waals surface area contributed by atoms with E-state index < -0.39 is 5.60 Å². The monoisotopic (exact) mass is 339 g/mol. The molecule has 3 N–H and O–H groups in total. The summed E-state index contributed by atoms with van der Waals surface area (Å²) in [6.07, 6.45) is 5.89. The van der Waals surface area contributed by atoms with E-state index in [0.717, 1.165) is 32.5 Å². The Morgan fingerprint density at radius 3 is 2.75 bits per heavy atom. The minimum Gasteiger partial charge on any atom is -0.444 e. The molecule has 0 aromatic heterocycles. The average molecular weight is 339 g/mol. The van der Waals surface area contributed by atoms with Gasteiger partial charge in [0.15, 0.2) is 0 Å². The minimum atomic E-state index is -0.467. The predicted octanol–water partition coefficient (Wildman–Crippen LogP) is 1.79. The summed E-state index contributed by atoms with van der Waals surface area (Å²) < 4.78 is 11.4. The second-order valence-electron chi connectivity index (χ2n) is 8.39. The smallest absolute Gasteiger partial charge is 0.407 e. The van der Waals surface area contributed by atoms with Crippen LogP contribution in [0.2, 0.25) is 0 Å². The Morgan fingerprint density at radius 1 is 1.21 bits per heavy atom. The van der Waals surface area contributed by atoms with Gasteiger partial charge in [0, 0.05) is 25.1 Å². The number of rotatable bonds is 4. The van der Waals surface area contributed by atoms with Crippen molar-refractivity contribution in [3.8, 4) is 0 Å². The van der Waals surface area contributed by atoms with Gasteiger partial charge in [-0.1, -0.05) is 6.42 Å². The number of fused-ring (bicyclic) bond motifs is 1. The van der Waals surface area contributed by atoms with Gasteiger partial charge in [0.2, 0.25) is 0 Å². The maximum Gasteiger partial charge on any atom is 0.407 e. The molecule has 24 heavy (non-hydrogen) atoms. The molecule has 1 amide bonds. The fourth-order valence-electron chi connectivity index (χ4n) is 4.17. The van der Waals surface area contributed by atoms with Gasteiger partial charge in [-0.15, -0.1) is 0 Å². The fourth-order valence-corrected chi connectivity index (χ4v) is 4.17. The molecule has 0 aromatic carbocycles. The van der Waals surface area contributed by atoms with Crippen LogP contribution in [0.3, 0.4) is 0 Å². The number of amides is 1. The standard InChI is InChI=1S/C18H33N3O3/c1-18(2,3)24-17(22)21-14-13-8-6-10-23-16(13)15(14)20-11-12-7-4-5-9-19-12/h12-16,19-20H,4-11H2,1-3H3,(H,21,22). The maximum absolute atomic E-state index is 12.2. The number of hydrogen-bond donors (Lipinski definition) is 3. The van der Waals surface area contributed by atoms with Gasteiger partial charge >= 0.3 is 6.09 Å². The Labute approximate surface area is 145 Å². The maximum atomic E-state index is 12.2. The van der Waals surface area contributed by atoms with E-state index in [1.54, 1.807) is 0 Å². The molecule has 2 heterocycles. The number of carbonyl (C=O) groups is 1. The van der Waals surface area contributed by atoms with E-state index >= 15 is 0 Å². The van der Waals surface area contributed by atoms with Gasteiger partial charge in [-0.2, -0.15) is 0 Å². The number of hydrogen-bond acceptors (Lipinski definition) is 5. The molecule has 138 valence electrons. The van der Waals surface area contributed by atoms with E-state index in [1.165, 1.54) is 19.3 Å². The number of ether oxygens (including phenoxy) is 2. The van der Waals surface area contributed by atoms with Crippen LogP contribution in [-0.2, 0) is 9.47 Å². The molecule has 2 saturated heterocycles. The predicted molar refractivity (Wildman–Crippen MR) is 93.1 cm³/mol. The topological polar surface area (TPSA) is 71.6 Å². The van der Waals surface area contributed by atoms with Crippen LogP contribution in [0.15, 0.2) is 0 Å². The van der Waals surface area contributed by atoms with Gasteiger partial charge in [0.05, 0.1) is 18.2 Å². The molecule has 0 radical (unpaired) electrons. The number of nitrogens with one attached hydrogen (secondary N) is 3. The summed E-state index contributed by atoms with van der Waals surface area (Å²) in [5.74, 6) is 0.406. The SMILES string of the molecule is CC(C)(C)OC(=O)NC1C2CCCOC2C1NCC1CCCCN1. The lowest BCUT2D eigenvalue weighted by Gasteiger charge is -2.54. The van der Waals surface area contributed by atoms with Crippen LogP contribution in [0, 0.1) is 5.92 Å². The van der Waals surface area contributed by atoms with Crippen molar-refractivity contribution in [2.45, 2.75) is 82.7 Å². The van der Waals surface area contributed by atoms with E-state index in [1.807, 2.05) is 20.8 Å². The first-order valence-electron chi connectivity index (χ1n) is 9.52. The third kappa shape index (κ3) is 4.41. The third-order valence-corrected chi connectivity index (χ3v) is 5.31. The van der Waals surface area contributed by atoms with Crippen LogP contribution in [0.25, 0.3) is 0 Å². The van der Waals surface area contributed by atoms with Crippen molar-refractivity contribution in [1.82, 2.24) is 16.0 Å². The first-order chi connectivity index (χ1) is 11.4. The van der Waals surface area contributed by atoms with Crippen LogP contribution >= 0.6 is 0 Å². The summed E-state index contributed by atoms with van der Waals surface area (Å²) in [5, 5.41) is 10.3. The normalized spacial score (nSPS) is 36.4. The van der Waals surface area contributed by atoms with E-state index in [-0.39, 0.29) is 24.3 Å². The summed E-state index contributed by atoms with van der Waals surface area (Å²) in [6.45, 7) is 8.56. The number of piperidine rings is 1. The number of alkyl carbamates (subject to hydrolysis) is 1. The molecule has 1 saturated carbocycles. The second-order valence-corrected chi connectivity index (χ2v) is 8.39. The summed E-state index contributed by atoms with van der Waals surface area (Å²) >= 11 is 0. The molecule has 3 aliphatic rings. The minimum absolute atomic E-state index is 0.105. The molecule has 5 atom stereocenters. The molecule has 1 aliphatic carbocycles. The number of carbonyl (C=O) groups excluding carboxylic acids is 1. The Morgan fingerprint density at radius 2 is 2.04 bits per heavy atom. The summed E-state index contributed by atoms with van der Waals surface area (Å²) in [6, 6.07) is 0.823. The zero-order valence-corrected chi connectivity index (χ0v) is 15.3. The molecule has 6 nitrogen and oxygen atoms in total. The highest BCUT2D eigenvalue weighted by molar-refractivity contribution is 5.68. The quantitative estimate of drug-likeness (QED) is 0.728. The van der Waals surface area contributed by atoms with Gasteiger partial charge < -0.3 is 25.4 Å². The van der Waals surface area contributed by atoms with E-state index in [4.69, 9.17) is 9.47 Å².